The zero-order valence-corrected chi connectivity index (χ0v) is 17.0. The maximum Gasteiger partial charge on any atom is 0.254 e. The second-order valence-electron chi connectivity index (χ2n) is 7.50. The molecule has 1 fully saturated rings. The molecule has 1 saturated heterocycles. The van der Waals surface area contributed by atoms with Gasteiger partial charge in [-0.1, -0.05) is 42.5 Å². The molecular formula is C24H26N4O. The molecule has 0 N–H and O–H groups in total. The minimum Gasteiger partial charge on any atom is -0.336 e. The van der Waals surface area contributed by atoms with Gasteiger partial charge in [0, 0.05) is 38.3 Å². The molecule has 0 aliphatic carbocycles. The molecule has 0 saturated carbocycles. The Morgan fingerprint density at radius 2 is 1.62 bits per heavy atom. The third-order valence-electron chi connectivity index (χ3n) is 5.46. The van der Waals surface area contributed by atoms with Crippen molar-refractivity contribution >= 4 is 23.0 Å². The Morgan fingerprint density at radius 3 is 2.34 bits per heavy atom. The molecule has 0 radical (unpaired) electrons. The van der Waals surface area contributed by atoms with E-state index in [0.717, 1.165) is 55.1 Å². The summed E-state index contributed by atoms with van der Waals surface area (Å²) in [6, 6.07) is 15.9. The Labute approximate surface area is 171 Å². The number of aromatic nitrogens is 2. The molecule has 2 heterocycles. The van der Waals surface area contributed by atoms with Gasteiger partial charge in [-0.25, -0.2) is 9.97 Å². The summed E-state index contributed by atoms with van der Waals surface area (Å²) in [6.07, 6.45) is 4.34. The van der Waals surface area contributed by atoms with Crippen molar-refractivity contribution in [3.8, 4) is 0 Å². The number of rotatable bonds is 4. The molecule has 5 heteroatoms. The van der Waals surface area contributed by atoms with E-state index in [-0.39, 0.29) is 5.91 Å². The van der Waals surface area contributed by atoms with Crippen LogP contribution in [0.15, 0.2) is 54.6 Å². The van der Waals surface area contributed by atoms with Crippen LogP contribution in [0.5, 0.6) is 0 Å². The largest absolute Gasteiger partial charge is 0.336 e. The van der Waals surface area contributed by atoms with E-state index in [0.29, 0.717) is 5.56 Å². The van der Waals surface area contributed by atoms with Gasteiger partial charge >= 0.3 is 0 Å². The molecule has 5 nitrogen and oxygen atoms in total. The quantitative estimate of drug-likeness (QED) is 0.686. The van der Waals surface area contributed by atoms with Crippen molar-refractivity contribution in [3.63, 3.8) is 0 Å². The minimum absolute atomic E-state index is 0.0754. The van der Waals surface area contributed by atoms with Gasteiger partial charge in [0.05, 0.1) is 22.4 Å². The highest BCUT2D eigenvalue weighted by molar-refractivity contribution is 5.97. The van der Waals surface area contributed by atoms with Crippen molar-refractivity contribution in [3.05, 3.63) is 77.1 Å². The highest BCUT2D eigenvalue weighted by atomic mass is 16.2. The first kappa shape index (κ1) is 19.3. The van der Waals surface area contributed by atoms with Crippen molar-refractivity contribution in [2.45, 2.75) is 13.8 Å². The summed E-state index contributed by atoms with van der Waals surface area (Å²) >= 11 is 0. The van der Waals surface area contributed by atoms with E-state index in [1.54, 1.807) is 0 Å². The Morgan fingerprint density at radius 1 is 0.931 bits per heavy atom. The Balaban J connectivity index is 1.36. The van der Waals surface area contributed by atoms with Gasteiger partial charge in [-0.2, -0.15) is 0 Å². The van der Waals surface area contributed by atoms with Gasteiger partial charge in [-0.3, -0.25) is 9.69 Å². The smallest absolute Gasteiger partial charge is 0.254 e. The van der Waals surface area contributed by atoms with E-state index in [4.69, 9.17) is 0 Å². The summed E-state index contributed by atoms with van der Waals surface area (Å²) in [4.78, 5) is 26.4. The molecule has 1 amide bonds. The van der Waals surface area contributed by atoms with E-state index >= 15 is 0 Å². The molecule has 148 valence electrons. The fourth-order valence-electron chi connectivity index (χ4n) is 3.58. The van der Waals surface area contributed by atoms with Crippen LogP contribution < -0.4 is 0 Å². The third kappa shape index (κ3) is 4.51. The monoisotopic (exact) mass is 386 g/mol. The van der Waals surface area contributed by atoms with Gasteiger partial charge in [-0.05, 0) is 37.6 Å². The summed E-state index contributed by atoms with van der Waals surface area (Å²) in [5.74, 6) is 0.0754. The lowest BCUT2D eigenvalue weighted by atomic mass is 10.1. The van der Waals surface area contributed by atoms with Crippen LogP contribution in [0.1, 0.15) is 27.3 Å². The zero-order valence-electron chi connectivity index (χ0n) is 17.0. The lowest BCUT2D eigenvalue weighted by Gasteiger charge is -2.34. The molecule has 1 aliphatic rings. The first-order valence-electron chi connectivity index (χ1n) is 10.1. The van der Waals surface area contributed by atoms with Crippen LogP contribution in [-0.2, 0) is 0 Å². The second kappa shape index (κ2) is 8.53. The maximum atomic E-state index is 12.9. The van der Waals surface area contributed by atoms with Gasteiger partial charge in [0.1, 0.15) is 0 Å². The van der Waals surface area contributed by atoms with E-state index in [2.05, 4.69) is 39.2 Å². The average Bonchev–Trinajstić information content (AvgIpc) is 2.75. The van der Waals surface area contributed by atoms with E-state index in [9.17, 15) is 4.79 Å². The lowest BCUT2D eigenvalue weighted by molar-refractivity contribution is 0.0650. The predicted octanol–water partition coefficient (Wildman–Crippen LogP) is 3.72. The molecule has 1 aliphatic heterocycles. The molecule has 0 atom stereocenters. The molecule has 1 aromatic heterocycles. The van der Waals surface area contributed by atoms with Gasteiger partial charge in [0.25, 0.3) is 5.91 Å². The number of nitrogens with zero attached hydrogens (tertiary/aromatic N) is 4. The first-order valence-corrected chi connectivity index (χ1v) is 10.1. The Bertz CT molecular complexity index is 1040. The van der Waals surface area contributed by atoms with Crippen LogP contribution >= 0.6 is 0 Å². The summed E-state index contributed by atoms with van der Waals surface area (Å²) < 4.78 is 0. The van der Waals surface area contributed by atoms with Gasteiger partial charge in [0.15, 0.2) is 0 Å². The summed E-state index contributed by atoms with van der Waals surface area (Å²) in [5, 5.41) is 0. The van der Waals surface area contributed by atoms with Crippen LogP contribution in [0, 0.1) is 13.8 Å². The maximum absolute atomic E-state index is 12.9. The predicted molar refractivity (Wildman–Crippen MR) is 117 cm³/mol. The molecule has 2 aromatic carbocycles. The zero-order chi connectivity index (χ0) is 20.2. The number of hydrogen-bond donors (Lipinski definition) is 0. The number of fused-ring (bicyclic) bond motifs is 1. The van der Waals surface area contributed by atoms with Crippen LogP contribution in [0.2, 0.25) is 0 Å². The van der Waals surface area contributed by atoms with Crippen molar-refractivity contribution in [2.75, 3.05) is 32.7 Å². The van der Waals surface area contributed by atoms with Crippen molar-refractivity contribution in [1.82, 2.24) is 19.8 Å². The number of hydrogen-bond acceptors (Lipinski definition) is 4. The highest BCUT2D eigenvalue weighted by Gasteiger charge is 2.22. The average molecular weight is 386 g/mol. The molecule has 29 heavy (non-hydrogen) atoms. The lowest BCUT2D eigenvalue weighted by Crippen LogP contribution is -2.48. The molecule has 0 spiro atoms. The van der Waals surface area contributed by atoms with Gasteiger partial charge < -0.3 is 4.90 Å². The van der Waals surface area contributed by atoms with Crippen LogP contribution in [0.3, 0.4) is 0 Å². The number of benzene rings is 2. The molecule has 0 unspecified atom stereocenters. The van der Waals surface area contributed by atoms with Crippen LogP contribution in [0.4, 0.5) is 0 Å². The fourth-order valence-corrected chi connectivity index (χ4v) is 3.58. The number of carbonyl (C=O) groups is 1. The number of aryl methyl sites for hydroxylation is 2. The van der Waals surface area contributed by atoms with E-state index in [1.807, 2.05) is 55.1 Å². The van der Waals surface area contributed by atoms with E-state index < -0.39 is 0 Å². The van der Waals surface area contributed by atoms with Crippen molar-refractivity contribution in [2.24, 2.45) is 0 Å². The highest BCUT2D eigenvalue weighted by Crippen LogP contribution is 2.17. The molecular weight excluding hydrogens is 360 g/mol. The van der Waals surface area contributed by atoms with Crippen LogP contribution in [0.25, 0.3) is 17.1 Å². The molecule has 0 bridgehead atoms. The standard InChI is InChI=1S/C24H26N4O/c1-18-19(2)26-23-17-21(10-11-22(23)25-18)24(29)28-15-13-27(14-16-28)12-6-9-20-7-4-3-5-8-20/h3-11,17H,12-16H2,1-2H3/b9-6+. The SMILES string of the molecule is Cc1nc2ccc(C(=O)N3CCN(C/C=C/c4ccccc4)CC3)cc2nc1C. The summed E-state index contributed by atoms with van der Waals surface area (Å²) in [5.41, 5.74) is 5.34. The Hall–Kier alpha value is -3.05. The number of amides is 1. The first-order chi connectivity index (χ1) is 14.1. The fraction of sp³-hybridized carbons (Fsp3) is 0.292. The van der Waals surface area contributed by atoms with Crippen LogP contribution in [-0.4, -0.2) is 58.4 Å². The minimum atomic E-state index is 0.0754. The van der Waals surface area contributed by atoms with Gasteiger partial charge in [0.2, 0.25) is 0 Å². The number of carbonyl (C=O) groups excluding carboxylic acids is 1. The second-order valence-corrected chi connectivity index (χ2v) is 7.50. The number of piperazine rings is 1. The normalized spacial score (nSPS) is 15.3. The molecule has 4 rings (SSSR count). The van der Waals surface area contributed by atoms with Crippen molar-refractivity contribution in [1.29, 1.82) is 0 Å². The third-order valence-corrected chi connectivity index (χ3v) is 5.46. The topological polar surface area (TPSA) is 49.3 Å². The van der Waals surface area contributed by atoms with Gasteiger partial charge in [-0.15, -0.1) is 0 Å². The Kier molecular flexibility index (Phi) is 5.67. The summed E-state index contributed by atoms with van der Waals surface area (Å²) in [6.45, 7) is 8.06. The summed E-state index contributed by atoms with van der Waals surface area (Å²) in [7, 11) is 0. The van der Waals surface area contributed by atoms with Crippen molar-refractivity contribution < 1.29 is 4.79 Å². The van der Waals surface area contributed by atoms with E-state index in [1.165, 1.54) is 5.56 Å². The molecule has 3 aromatic rings.